The van der Waals surface area contributed by atoms with E-state index in [0.717, 1.165) is 4.70 Å². The van der Waals surface area contributed by atoms with Crippen LogP contribution in [0.4, 0.5) is 10.8 Å². The number of nitrogens with one attached hydrogen (secondary N) is 2. The molecule has 1 amide bonds. The number of rotatable bonds is 7. The molecule has 1 aromatic heterocycles. The molecule has 0 spiro atoms. The molecule has 0 aliphatic carbocycles. The molecule has 4 rings (SSSR count). The number of amides is 1. The number of halogens is 1. The van der Waals surface area contributed by atoms with Gasteiger partial charge in [0.15, 0.2) is 5.13 Å². The molecule has 3 aromatic carbocycles. The molecule has 1 heterocycles. The zero-order valence-corrected chi connectivity index (χ0v) is 20.1. The predicted octanol–water partition coefficient (Wildman–Crippen LogP) is 5.18. The lowest BCUT2D eigenvalue weighted by Crippen LogP contribution is -2.14. The van der Waals surface area contributed by atoms with Crippen LogP contribution in [0.3, 0.4) is 0 Å². The van der Waals surface area contributed by atoms with Crippen LogP contribution in [0.2, 0.25) is 5.02 Å². The molecule has 174 valence electrons. The smallest absolute Gasteiger partial charge is 0.338 e. The van der Waals surface area contributed by atoms with Gasteiger partial charge in [0.25, 0.3) is 15.9 Å². The first-order chi connectivity index (χ1) is 16.2. The number of hydrogen-bond donors (Lipinski definition) is 2. The van der Waals surface area contributed by atoms with Crippen molar-refractivity contribution in [2.24, 2.45) is 0 Å². The Morgan fingerprint density at radius 3 is 2.35 bits per heavy atom. The van der Waals surface area contributed by atoms with Gasteiger partial charge < -0.3 is 4.74 Å². The van der Waals surface area contributed by atoms with E-state index < -0.39 is 21.9 Å². The van der Waals surface area contributed by atoms with Crippen LogP contribution in [0.1, 0.15) is 27.6 Å². The van der Waals surface area contributed by atoms with Crippen LogP contribution in [-0.4, -0.2) is 31.9 Å². The molecule has 34 heavy (non-hydrogen) atoms. The van der Waals surface area contributed by atoms with Crippen LogP contribution in [0.15, 0.2) is 71.6 Å². The SMILES string of the molecule is CCOC(=O)c1ccc2nc(NC(=O)c3ccc(NS(=O)(=O)c4ccc(Cl)cc4)cc3)sc2c1. The summed E-state index contributed by atoms with van der Waals surface area (Å²) in [6, 6.07) is 16.8. The Labute approximate surface area is 204 Å². The molecule has 0 aliphatic heterocycles. The topological polar surface area (TPSA) is 114 Å². The molecule has 0 saturated heterocycles. The van der Waals surface area contributed by atoms with Crippen LogP contribution in [0.25, 0.3) is 10.2 Å². The highest BCUT2D eigenvalue weighted by Crippen LogP contribution is 2.28. The second-order valence-corrected chi connectivity index (χ2v) is 10.2. The molecule has 2 N–H and O–H groups in total. The minimum atomic E-state index is -3.79. The molecule has 0 bridgehead atoms. The minimum absolute atomic E-state index is 0.0701. The van der Waals surface area contributed by atoms with Gasteiger partial charge in [0.1, 0.15) is 0 Å². The Bertz CT molecular complexity index is 1470. The van der Waals surface area contributed by atoms with Crippen molar-refractivity contribution in [2.75, 3.05) is 16.6 Å². The van der Waals surface area contributed by atoms with Gasteiger partial charge in [-0.05, 0) is 73.7 Å². The van der Waals surface area contributed by atoms with E-state index in [4.69, 9.17) is 16.3 Å². The van der Waals surface area contributed by atoms with Crippen molar-refractivity contribution < 1.29 is 22.7 Å². The fourth-order valence-electron chi connectivity index (χ4n) is 3.01. The first-order valence-corrected chi connectivity index (χ1v) is 12.7. The number of hydrogen-bond acceptors (Lipinski definition) is 7. The summed E-state index contributed by atoms with van der Waals surface area (Å²) >= 11 is 7.03. The van der Waals surface area contributed by atoms with E-state index in [1.165, 1.54) is 59.9 Å². The number of benzene rings is 3. The van der Waals surface area contributed by atoms with E-state index in [-0.39, 0.29) is 11.5 Å². The Balaban J connectivity index is 1.45. The standard InChI is InChI=1S/C23H18ClN3O5S2/c1-2-32-22(29)15-5-12-19-20(13-15)33-23(25-19)26-21(28)14-3-8-17(9-4-14)27-34(30,31)18-10-6-16(24)7-11-18/h3-13,27H,2H2,1H3,(H,25,26,28). The van der Waals surface area contributed by atoms with E-state index in [1.807, 2.05) is 0 Å². The summed E-state index contributed by atoms with van der Waals surface area (Å²) in [4.78, 5) is 29.0. The normalized spacial score (nSPS) is 11.2. The molecule has 0 atom stereocenters. The van der Waals surface area contributed by atoms with Crippen molar-refractivity contribution in [1.82, 2.24) is 4.98 Å². The molecule has 0 radical (unpaired) electrons. The van der Waals surface area contributed by atoms with Crippen molar-refractivity contribution in [3.63, 3.8) is 0 Å². The third-order valence-corrected chi connectivity index (χ3v) is 7.23. The molecule has 0 fully saturated rings. The van der Waals surface area contributed by atoms with Gasteiger partial charge in [0, 0.05) is 16.3 Å². The maximum absolute atomic E-state index is 12.6. The summed E-state index contributed by atoms with van der Waals surface area (Å²) in [5, 5.41) is 3.52. The summed E-state index contributed by atoms with van der Waals surface area (Å²) in [6.07, 6.45) is 0. The fourth-order valence-corrected chi connectivity index (χ4v) is 5.09. The van der Waals surface area contributed by atoms with Gasteiger partial charge in [-0.15, -0.1) is 0 Å². The number of aromatic nitrogens is 1. The van der Waals surface area contributed by atoms with Crippen LogP contribution >= 0.6 is 22.9 Å². The number of anilines is 2. The summed E-state index contributed by atoms with van der Waals surface area (Å²) in [5.41, 5.74) is 1.67. The molecule has 0 saturated carbocycles. The number of carbonyl (C=O) groups is 2. The molecule has 4 aromatic rings. The number of sulfonamides is 1. The maximum Gasteiger partial charge on any atom is 0.338 e. The average Bonchev–Trinajstić information content (AvgIpc) is 3.21. The molecule has 0 unspecified atom stereocenters. The molecule has 8 nitrogen and oxygen atoms in total. The van der Waals surface area contributed by atoms with Gasteiger partial charge in [-0.25, -0.2) is 18.2 Å². The lowest BCUT2D eigenvalue weighted by atomic mass is 10.2. The monoisotopic (exact) mass is 515 g/mol. The van der Waals surface area contributed by atoms with Crippen LogP contribution in [0.5, 0.6) is 0 Å². The van der Waals surface area contributed by atoms with Gasteiger partial charge in [0.05, 0.1) is 27.3 Å². The minimum Gasteiger partial charge on any atom is -0.462 e. The second-order valence-electron chi connectivity index (χ2n) is 7.01. The zero-order chi connectivity index (χ0) is 24.3. The molecular formula is C23H18ClN3O5S2. The largest absolute Gasteiger partial charge is 0.462 e. The van der Waals surface area contributed by atoms with E-state index >= 15 is 0 Å². The van der Waals surface area contributed by atoms with Crippen LogP contribution < -0.4 is 10.0 Å². The fraction of sp³-hybridized carbons (Fsp3) is 0.0870. The third kappa shape index (κ3) is 5.36. The van der Waals surface area contributed by atoms with Gasteiger partial charge >= 0.3 is 5.97 Å². The maximum atomic E-state index is 12.6. The van der Waals surface area contributed by atoms with Crippen molar-refractivity contribution in [3.05, 3.63) is 82.9 Å². The number of carbonyl (C=O) groups excluding carboxylic acids is 2. The van der Waals surface area contributed by atoms with Crippen molar-refractivity contribution >= 4 is 65.9 Å². The second kappa shape index (κ2) is 9.80. The van der Waals surface area contributed by atoms with Gasteiger partial charge in [-0.2, -0.15) is 0 Å². The molecular weight excluding hydrogens is 498 g/mol. The van der Waals surface area contributed by atoms with Crippen molar-refractivity contribution in [3.8, 4) is 0 Å². The van der Waals surface area contributed by atoms with Gasteiger partial charge in [-0.3, -0.25) is 14.8 Å². The van der Waals surface area contributed by atoms with E-state index in [0.29, 0.717) is 32.5 Å². The summed E-state index contributed by atoms with van der Waals surface area (Å²) in [5.74, 6) is -0.827. The highest BCUT2D eigenvalue weighted by atomic mass is 35.5. The Morgan fingerprint density at radius 2 is 1.68 bits per heavy atom. The zero-order valence-electron chi connectivity index (χ0n) is 17.7. The highest BCUT2D eigenvalue weighted by Gasteiger charge is 2.16. The van der Waals surface area contributed by atoms with Gasteiger partial charge in [0.2, 0.25) is 0 Å². The first-order valence-electron chi connectivity index (χ1n) is 10.0. The van der Waals surface area contributed by atoms with Crippen LogP contribution in [-0.2, 0) is 14.8 Å². The Kier molecular flexibility index (Phi) is 6.82. The molecule has 11 heteroatoms. The third-order valence-electron chi connectivity index (χ3n) is 4.64. The number of fused-ring (bicyclic) bond motifs is 1. The lowest BCUT2D eigenvalue weighted by Gasteiger charge is -2.09. The Morgan fingerprint density at radius 1 is 1.00 bits per heavy atom. The number of nitrogens with zero attached hydrogens (tertiary/aromatic N) is 1. The average molecular weight is 516 g/mol. The summed E-state index contributed by atoms with van der Waals surface area (Å²) < 4.78 is 33.2. The van der Waals surface area contributed by atoms with E-state index in [1.54, 1.807) is 25.1 Å². The predicted molar refractivity (Wildman–Crippen MR) is 132 cm³/mol. The van der Waals surface area contributed by atoms with Crippen LogP contribution in [0, 0.1) is 0 Å². The summed E-state index contributed by atoms with van der Waals surface area (Å²) in [6.45, 7) is 2.01. The molecule has 0 aliphatic rings. The van der Waals surface area contributed by atoms with E-state index in [2.05, 4.69) is 15.0 Å². The number of ether oxygens (including phenoxy) is 1. The quantitative estimate of drug-likeness (QED) is 0.328. The highest BCUT2D eigenvalue weighted by molar-refractivity contribution is 7.92. The first kappa shape index (κ1) is 23.7. The van der Waals surface area contributed by atoms with Gasteiger partial charge in [-0.1, -0.05) is 22.9 Å². The van der Waals surface area contributed by atoms with Crippen molar-refractivity contribution in [2.45, 2.75) is 11.8 Å². The number of thiazole rings is 1. The van der Waals surface area contributed by atoms with E-state index in [9.17, 15) is 18.0 Å². The Hall–Kier alpha value is -3.47. The summed E-state index contributed by atoms with van der Waals surface area (Å²) in [7, 11) is -3.79. The lowest BCUT2D eigenvalue weighted by molar-refractivity contribution is 0.0526. The van der Waals surface area contributed by atoms with Crippen molar-refractivity contribution in [1.29, 1.82) is 0 Å². The number of esters is 1.